The molecule has 2 N–H and O–H groups in total. The van der Waals surface area contributed by atoms with E-state index < -0.39 is 5.60 Å². The minimum Gasteiger partial charge on any atom is -0.495 e. The maximum Gasteiger partial charge on any atom is 0.317 e. The molecule has 1 heterocycles. The van der Waals surface area contributed by atoms with E-state index in [0.717, 1.165) is 44.1 Å². The van der Waals surface area contributed by atoms with Crippen LogP contribution in [-0.2, 0) is 0 Å². The summed E-state index contributed by atoms with van der Waals surface area (Å²) < 4.78 is 5.29. The number of nitrogens with one attached hydrogen (secondary N) is 1. The van der Waals surface area contributed by atoms with Crippen molar-refractivity contribution in [2.24, 2.45) is 0 Å². The van der Waals surface area contributed by atoms with Crippen LogP contribution in [0.25, 0.3) is 0 Å². The summed E-state index contributed by atoms with van der Waals surface area (Å²) in [6, 6.07) is 1.43. The molecule has 6 nitrogen and oxygen atoms in total. The van der Waals surface area contributed by atoms with Gasteiger partial charge in [0.05, 0.1) is 31.5 Å². The molecule has 2 amide bonds. The number of nitrogens with zero attached hydrogens (tertiary/aromatic N) is 2. The number of likely N-dealkylation sites (N-methyl/N-ethyl adjacent to an activating group) is 1. The van der Waals surface area contributed by atoms with Crippen molar-refractivity contribution in [3.05, 3.63) is 24.0 Å². The van der Waals surface area contributed by atoms with Gasteiger partial charge in [-0.25, -0.2) is 4.79 Å². The number of ether oxygens (including phenoxy) is 1. The molecule has 1 aliphatic rings. The molecule has 134 valence electrons. The highest BCUT2D eigenvalue weighted by Gasteiger charge is 2.31. The van der Waals surface area contributed by atoms with E-state index in [1.165, 1.54) is 0 Å². The van der Waals surface area contributed by atoms with Crippen molar-refractivity contribution >= 4 is 6.03 Å². The van der Waals surface area contributed by atoms with E-state index >= 15 is 0 Å². The number of rotatable bonds is 5. The Morgan fingerprint density at radius 3 is 2.71 bits per heavy atom. The van der Waals surface area contributed by atoms with Crippen molar-refractivity contribution < 1.29 is 14.6 Å². The van der Waals surface area contributed by atoms with Crippen molar-refractivity contribution in [3.63, 3.8) is 0 Å². The molecule has 6 heteroatoms. The minimum atomic E-state index is -0.764. The number of urea groups is 1. The lowest BCUT2D eigenvalue weighted by Crippen LogP contribution is -2.47. The van der Waals surface area contributed by atoms with Crippen molar-refractivity contribution in [2.45, 2.75) is 57.1 Å². The summed E-state index contributed by atoms with van der Waals surface area (Å²) in [4.78, 5) is 18.1. The van der Waals surface area contributed by atoms with Crippen LogP contribution in [0, 0.1) is 0 Å². The van der Waals surface area contributed by atoms with Gasteiger partial charge in [-0.2, -0.15) is 0 Å². The predicted molar refractivity (Wildman–Crippen MR) is 93.0 cm³/mol. The van der Waals surface area contributed by atoms with Gasteiger partial charge >= 0.3 is 6.03 Å². The fourth-order valence-corrected chi connectivity index (χ4v) is 3.35. The Labute approximate surface area is 144 Å². The standard InChI is InChI=1S/C18H29N3O3/c1-14(15-8-11-19-12-16(15)24-3)20-17(22)21(2)13-18(23)9-6-4-5-7-10-18/h8,11-12,14,23H,4-7,9-10,13H2,1-3H3,(H,20,22)/t14-/m0/s1. The molecule has 2 rings (SSSR count). The first-order valence-electron chi connectivity index (χ1n) is 8.67. The summed E-state index contributed by atoms with van der Waals surface area (Å²) >= 11 is 0. The maximum atomic E-state index is 12.5. The molecule has 0 saturated heterocycles. The van der Waals surface area contributed by atoms with Gasteiger partial charge in [-0.15, -0.1) is 0 Å². The summed E-state index contributed by atoms with van der Waals surface area (Å²) in [6.07, 6.45) is 9.21. The largest absolute Gasteiger partial charge is 0.495 e. The van der Waals surface area contributed by atoms with Crippen LogP contribution in [0.15, 0.2) is 18.5 Å². The highest BCUT2D eigenvalue weighted by atomic mass is 16.5. The third-order valence-electron chi connectivity index (χ3n) is 4.76. The molecule has 0 aromatic carbocycles. The molecule has 0 aliphatic heterocycles. The highest BCUT2D eigenvalue weighted by molar-refractivity contribution is 5.74. The lowest BCUT2D eigenvalue weighted by atomic mass is 9.94. The van der Waals surface area contributed by atoms with Crippen molar-refractivity contribution in [1.82, 2.24) is 15.2 Å². The van der Waals surface area contributed by atoms with E-state index in [4.69, 9.17) is 4.74 Å². The van der Waals surface area contributed by atoms with Crippen LogP contribution < -0.4 is 10.1 Å². The number of aliphatic hydroxyl groups is 1. The first kappa shape index (κ1) is 18.5. The van der Waals surface area contributed by atoms with Crippen molar-refractivity contribution in [3.8, 4) is 5.75 Å². The van der Waals surface area contributed by atoms with Crippen LogP contribution >= 0.6 is 0 Å². The van der Waals surface area contributed by atoms with Crippen molar-refractivity contribution in [1.29, 1.82) is 0 Å². The summed E-state index contributed by atoms with van der Waals surface area (Å²) in [5, 5.41) is 13.7. The van der Waals surface area contributed by atoms with E-state index in [9.17, 15) is 9.90 Å². The number of amides is 2. The molecule has 0 unspecified atom stereocenters. The fourth-order valence-electron chi connectivity index (χ4n) is 3.35. The highest BCUT2D eigenvalue weighted by Crippen LogP contribution is 2.28. The Kier molecular flexibility index (Phi) is 6.43. The maximum absolute atomic E-state index is 12.5. The second-order valence-electron chi connectivity index (χ2n) is 6.78. The Bertz CT molecular complexity index is 542. The molecule has 1 saturated carbocycles. The van der Waals surface area contributed by atoms with Gasteiger partial charge in [0.15, 0.2) is 0 Å². The lowest BCUT2D eigenvalue weighted by Gasteiger charge is -2.32. The molecule has 0 spiro atoms. The number of carbonyl (C=O) groups is 1. The number of carbonyl (C=O) groups excluding carboxylic acids is 1. The van der Waals surface area contributed by atoms with Gasteiger partial charge in [0.2, 0.25) is 0 Å². The summed E-state index contributed by atoms with van der Waals surface area (Å²) in [5.41, 5.74) is 0.114. The topological polar surface area (TPSA) is 74.7 Å². The van der Waals surface area contributed by atoms with Gasteiger partial charge < -0.3 is 20.1 Å². The van der Waals surface area contributed by atoms with Crippen LogP contribution in [0.1, 0.15) is 57.1 Å². The molecule has 1 aromatic heterocycles. The Hall–Kier alpha value is -1.82. The first-order valence-corrected chi connectivity index (χ1v) is 8.67. The van der Waals surface area contributed by atoms with Gasteiger partial charge in [-0.3, -0.25) is 4.98 Å². The van der Waals surface area contributed by atoms with E-state index in [1.807, 2.05) is 13.0 Å². The van der Waals surface area contributed by atoms with Gasteiger partial charge in [0, 0.05) is 18.8 Å². The SMILES string of the molecule is COc1cnccc1[C@H](C)NC(=O)N(C)CC1(O)CCCCCC1. The molecular weight excluding hydrogens is 306 g/mol. The third kappa shape index (κ3) is 4.84. The molecule has 1 aromatic rings. The number of hydrogen-bond donors (Lipinski definition) is 2. The first-order chi connectivity index (χ1) is 11.4. The molecule has 0 radical (unpaired) electrons. The van der Waals surface area contributed by atoms with Gasteiger partial charge in [-0.1, -0.05) is 25.7 Å². The lowest BCUT2D eigenvalue weighted by molar-refractivity contribution is 0.00443. The Balaban J connectivity index is 1.95. The number of pyridine rings is 1. The Morgan fingerprint density at radius 1 is 1.42 bits per heavy atom. The number of methoxy groups -OCH3 is 1. The van der Waals surface area contributed by atoms with Crippen LogP contribution in [-0.4, -0.2) is 47.3 Å². The summed E-state index contributed by atoms with van der Waals surface area (Å²) in [7, 11) is 3.32. The zero-order valence-electron chi connectivity index (χ0n) is 14.9. The Morgan fingerprint density at radius 2 is 2.08 bits per heavy atom. The van der Waals surface area contributed by atoms with E-state index in [0.29, 0.717) is 12.3 Å². The van der Waals surface area contributed by atoms with Crippen LogP contribution in [0.5, 0.6) is 5.75 Å². The number of aromatic nitrogens is 1. The molecule has 1 atom stereocenters. The molecule has 1 aliphatic carbocycles. The molecular formula is C18H29N3O3. The van der Waals surface area contributed by atoms with Gasteiger partial charge in [0.1, 0.15) is 5.75 Å². The fraction of sp³-hybridized carbons (Fsp3) is 0.667. The summed E-state index contributed by atoms with van der Waals surface area (Å²) in [6.45, 7) is 2.27. The van der Waals surface area contributed by atoms with Gasteiger partial charge in [-0.05, 0) is 25.8 Å². The predicted octanol–water partition coefficient (Wildman–Crippen LogP) is 2.88. The monoisotopic (exact) mass is 335 g/mol. The van der Waals surface area contributed by atoms with Crippen molar-refractivity contribution in [2.75, 3.05) is 20.7 Å². The average molecular weight is 335 g/mol. The van der Waals surface area contributed by atoms with Crippen LogP contribution in [0.3, 0.4) is 0 Å². The molecule has 0 bridgehead atoms. The second-order valence-corrected chi connectivity index (χ2v) is 6.78. The molecule has 1 fully saturated rings. The smallest absolute Gasteiger partial charge is 0.317 e. The second kappa shape index (κ2) is 8.33. The van der Waals surface area contributed by atoms with Crippen LogP contribution in [0.4, 0.5) is 4.79 Å². The normalized spacial score (nSPS) is 18.3. The minimum absolute atomic E-state index is 0.195. The average Bonchev–Trinajstić information content (AvgIpc) is 2.79. The summed E-state index contributed by atoms with van der Waals surface area (Å²) in [5.74, 6) is 0.648. The quantitative estimate of drug-likeness (QED) is 0.812. The van der Waals surface area contributed by atoms with E-state index in [1.54, 1.807) is 31.5 Å². The molecule has 24 heavy (non-hydrogen) atoms. The van der Waals surface area contributed by atoms with Crippen LogP contribution in [0.2, 0.25) is 0 Å². The zero-order valence-corrected chi connectivity index (χ0v) is 14.9. The van der Waals surface area contributed by atoms with Gasteiger partial charge in [0.25, 0.3) is 0 Å². The third-order valence-corrected chi connectivity index (χ3v) is 4.76. The zero-order chi connectivity index (χ0) is 17.6. The number of hydrogen-bond acceptors (Lipinski definition) is 4. The van der Waals surface area contributed by atoms with E-state index in [2.05, 4.69) is 10.3 Å². The van der Waals surface area contributed by atoms with E-state index in [-0.39, 0.29) is 12.1 Å².